The Kier molecular flexibility index (Phi) is 5.37. The van der Waals surface area contributed by atoms with Gasteiger partial charge in [-0.05, 0) is 37.1 Å². The van der Waals surface area contributed by atoms with E-state index < -0.39 is 0 Å². The van der Waals surface area contributed by atoms with Gasteiger partial charge < -0.3 is 14.2 Å². The largest absolute Gasteiger partial charge is 0.493 e. The van der Waals surface area contributed by atoms with Crippen molar-refractivity contribution in [1.29, 1.82) is 0 Å². The summed E-state index contributed by atoms with van der Waals surface area (Å²) in [6.07, 6.45) is -0.311. The topological polar surface area (TPSA) is 51.2 Å². The van der Waals surface area contributed by atoms with E-state index >= 15 is 0 Å². The summed E-state index contributed by atoms with van der Waals surface area (Å²) >= 11 is 0. The number of benzene rings is 2. The number of aryl methyl sites for hydroxylation is 2. The highest BCUT2D eigenvalue weighted by molar-refractivity contribution is 5.71. The summed E-state index contributed by atoms with van der Waals surface area (Å²) in [5.41, 5.74) is 4.86. The molecule has 0 radical (unpaired) electrons. The van der Waals surface area contributed by atoms with Gasteiger partial charge in [0.05, 0.1) is 20.3 Å². The molecule has 2 aliphatic heterocycles. The molecule has 2 aromatic carbocycles. The summed E-state index contributed by atoms with van der Waals surface area (Å²) < 4.78 is 16.4. The number of ether oxygens (including phenoxy) is 3. The second-order valence-electron chi connectivity index (χ2n) is 8.00. The predicted octanol–water partition coefficient (Wildman–Crippen LogP) is 3.53. The average molecular weight is 396 g/mol. The lowest BCUT2D eigenvalue weighted by molar-refractivity contribution is 0.119. The molecule has 4 rings (SSSR count). The van der Waals surface area contributed by atoms with Gasteiger partial charge in [-0.15, -0.1) is 0 Å². The van der Waals surface area contributed by atoms with E-state index in [1.807, 2.05) is 23.1 Å². The van der Waals surface area contributed by atoms with Gasteiger partial charge in [-0.1, -0.05) is 35.4 Å². The fraction of sp³-hybridized carbons (Fsp3) is 0.435. The average Bonchev–Trinajstić information content (AvgIpc) is 3.18. The van der Waals surface area contributed by atoms with Crippen LogP contribution in [0, 0.1) is 13.8 Å². The maximum Gasteiger partial charge on any atom is 0.410 e. The Balaban J connectivity index is 1.45. The fourth-order valence-electron chi connectivity index (χ4n) is 4.49. The van der Waals surface area contributed by atoms with Crippen LogP contribution in [0.2, 0.25) is 0 Å². The Labute approximate surface area is 172 Å². The molecule has 2 saturated heterocycles. The molecule has 6 nitrogen and oxygen atoms in total. The van der Waals surface area contributed by atoms with E-state index in [0.717, 1.165) is 25.2 Å². The van der Waals surface area contributed by atoms with Crippen molar-refractivity contribution in [3.8, 4) is 11.5 Å². The number of carbonyl (C=O) groups excluding carboxylic acids is 1. The van der Waals surface area contributed by atoms with E-state index in [1.54, 1.807) is 14.2 Å². The summed E-state index contributed by atoms with van der Waals surface area (Å²) in [5.74, 6) is 1.34. The van der Waals surface area contributed by atoms with Crippen LogP contribution in [0.1, 0.15) is 22.3 Å². The predicted molar refractivity (Wildman–Crippen MR) is 110 cm³/mol. The number of carbonyl (C=O) groups is 1. The van der Waals surface area contributed by atoms with E-state index in [-0.39, 0.29) is 18.2 Å². The highest BCUT2D eigenvalue weighted by Crippen LogP contribution is 2.32. The van der Waals surface area contributed by atoms with Crippen molar-refractivity contribution in [3.63, 3.8) is 0 Å². The van der Waals surface area contributed by atoms with E-state index in [4.69, 9.17) is 14.2 Å². The molecule has 29 heavy (non-hydrogen) atoms. The number of fused-ring (bicyclic) bond motifs is 1. The molecule has 0 N–H and O–H groups in total. The van der Waals surface area contributed by atoms with Crippen LogP contribution in [0.3, 0.4) is 0 Å². The molecule has 2 heterocycles. The zero-order valence-corrected chi connectivity index (χ0v) is 17.5. The van der Waals surface area contributed by atoms with Crippen LogP contribution in [-0.2, 0) is 17.8 Å². The highest BCUT2D eigenvalue weighted by atomic mass is 16.6. The van der Waals surface area contributed by atoms with E-state index in [0.29, 0.717) is 18.0 Å². The third kappa shape index (κ3) is 4.03. The Hall–Kier alpha value is -2.73. The van der Waals surface area contributed by atoms with Crippen molar-refractivity contribution in [3.05, 3.63) is 58.7 Å². The lowest BCUT2D eigenvalue weighted by Gasteiger charge is -2.23. The molecule has 1 amide bonds. The van der Waals surface area contributed by atoms with Crippen molar-refractivity contribution < 1.29 is 19.0 Å². The molecular formula is C23H28N2O4. The number of hydrogen-bond acceptors (Lipinski definition) is 5. The first kappa shape index (κ1) is 19.6. The van der Waals surface area contributed by atoms with E-state index in [1.165, 1.54) is 16.7 Å². The molecule has 0 unspecified atom stereocenters. The van der Waals surface area contributed by atoms with Crippen LogP contribution < -0.4 is 9.47 Å². The molecule has 0 aromatic heterocycles. The van der Waals surface area contributed by atoms with Gasteiger partial charge in [0.25, 0.3) is 0 Å². The second-order valence-corrected chi connectivity index (χ2v) is 8.00. The van der Waals surface area contributed by atoms with E-state index in [2.05, 4.69) is 36.9 Å². The normalized spacial score (nSPS) is 21.2. The van der Waals surface area contributed by atoms with Gasteiger partial charge in [-0.3, -0.25) is 9.80 Å². The fourth-order valence-corrected chi connectivity index (χ4v) is 4.49. The van der Waals surface area contributed by atoms with E-state index in [9.17, 15) is 4.79 Å². The number of hydrogen-bond donors (Lipinski definition) is 0. The van der Waals surface area contributed by atoms with Gasteiger partial charge in [-0.25, -0.2) is 4.79 Å². The third-order valence-electron chi connectivity index (χ3n) is 5.69. The van der Waals surface area contributed by atoms with Gasteiger partial charge in [0.15, 0.2) is 11.5 Å². The van der Waals surface area contributed by atoms with Crippen molar-refractivity contribution >= 4 is 6.09 Å². The lowest BCUT2D eigenvalue weighted by Crippen LogP contribution is -2.37. The van der Waals surface area contributed by atoms with Crippen LogP contribution >= 0.6 is 0 Å². The Bertz CT molecular complexity index is 893. The van der Waals surface area contributed by atoms with Crippen LogP contribution in [-0.4, -0.2) is 55.3 Å². The number of nitrogens with zero attached hydrogens (tertiary/aromatic N) is 2. The minimum Gasteiger partial charge on any atom is -0.493 e. The zero-order valence-electron chi connectivity index (χ0n) is 17.5. The molecule has 2 atom stereocenters. The highest BCUT2D eigenvalue weighted by Gasteiger charge is 2.47. The summed E-state index contributed by atoms with van der Waals surface area (Å²) in [6, 6.07) is 12.5. The zero-order chi connectivity index (χ0) is 20.5. The summed E-state index contributed by atoms with van der Waals surface area (Å²) in [7, 11) is 3.23. The molecule has 0 saturated carbocycles. The first-order valence-corrected chi connectivity index (χ1v) is 9.94. The molecule has 0 spiro atoms. The number of likely N-dealkylation sites (tertiary alicyclic amines) is 1. The summed E-state index contributed by atoms with van der Waals surface area (Å²) in [6.45, 7) is 7.21. The molecule has 0 bridgehead atoms. The third-order valence-corrected chi connectivity index (χ3v) is 5.69. The van der Waals surface area contributed by atoms with Gasteiger partial charge in [0.2, 0.25) is 0 Å². The van der Waals surface area contributed by atoms with Crippen LogP contribution in [0.25, 0.3) is 0 Å². The first-order chi connectivity index (χ1) is 14.0. The molecule has 154 valence electrons. The van der Waals surface area contributed by atoms with Crippen molar-refractivity contribution in [2.45, 2.75) is 39.1 Å². The van der Waals surface area contributed by atoms with Gasteiger partial charge in [-0.2, -0.15) is 0 Å². The molecule has 2 fully saturated rings. The minimum atomic E-state index is -0.235. The summed E-state index contributed by atoms with van der Waals surface area (Å²) in [4.78, 5) is 16.7. The summed E-state index contributed by atoms with van der Waals surface area (Å²) in [5, 5.41) is 0. The molecular weight excluding hydrogens is 368 g/mol. The number of amides is 1. The Morgan fingerprint density at radius 2 is 1.66 bits per heavy atom. The molecule has 2 aliphatic rings. The smallest absolute Gasteiger partial charge is 0.410 e. The molecule has 0 aliphatic carbocycles. The van der Waals surface area contributed by atoms with Gasteiger partial charge in [0, 0.05) is 26.2 Å². The van der Waals surface area contributed by atoms with Gasteiger partial charge in [0.1, 0.15) is 6.10 Å². The lowest BCUT2D eigenvalue weighted by atomic mass is 10.1. The van der Waals surface area contributed by atoms with Crippen LogP contribution in [0.15, 0.2) is 36.4 Å². The number of rotatable bonds is 6. The first-order valence-electron chi connectivity index (χ1n) is 9.94. The van der Waals surface area contributed by atoms with Crippen molar-refractivity contribution in [2.24, 2.45) is 0 Å². The van der Waals surface area contributed by atoms with Crippen LogP contribution in [0.4, 0.5) is 4.79 Å². The van der Waals surface area contributed by atoms with Crippen LogP contribution in [0.5, 0.6) is 11.5 Å². The maximum absolute atomic E-state index is 12.5. The SMILES string of the molecule is COc1ccc(CN2C(=O)O[C@H]3CN(Cc4cc(C)cc(C)c4)C[C@H]32)cc1OC. The number of methoxy groups -OCH3 is 2. The molecule has 2 aromatic rings. The second kappa shape index (κ2) is 7.95. The standard InChI is InChI=1S/C23H28N2O4/c1-15-7-16(2)9-18(8-15)11-24-13-19-22(14-24)29-23(26)25(19)12-17-5-6-20(27-3)21(10-17)28-4/h5-10,19,22H,11-14H2,1-4H3/t19-,22+/m1/s1. The monoisotopic (exact) mass is 396 g/mol. The maximum atomic E-state index is 12.5. The Morgan fingerprint density at radius 1 is 0.931 bits per heavy atom. The molecule has 6 heteroatoms. The van der Waals surface area contributed by atoms with Gasteiger partial charge >= 0.3 is 6.09 Å². The van der Waals surface area contributed by atoms with Crippen molar-refractivity contribution in [1.82, 2.24) is 9.80 Å². The Morgan fingerprint density at radius 3 is 2.34 bits per heavy atom. The van der Waals surface area contributed by atoms with Crippen molar-refractivity contribution in [2.75, 3.05) is 27.3 Å². The quantitative estimate of drug-likeness (QED) is 0.748. The minimum absolute atomic E-state index is 0.0708.